The molecule has 0 radical (unpaired) electrons. The van der Waals surface area contributed by atoms with Crippen LogP contribution in [0, 0.1) is 5.82 Å². The molecule has 1 aromatic heterocycles. The fourth-order valence-corrected chi connectivity index (χ4v) is 4.14. The number of amides is 1. The molecule has 0 saturated carbocycles. The van der Waals surface area contributed by atoms with Crippen molar-refractivity contribution in [3.63, 3.8) is 0 Å². The molecule has 156 valence electrons. The molecule has 0 aliphatic carbocycles. The number of piperazine rings is 1. The van der Waals surface area contributed by atoms with E-state index in [-0.39, 0.29) is 24.1 Å². The smallest absolute Gasteiger partial charge is 0.246 e. The maximum Gasteiger partial charge on any atom is 0.246 e. The van der Waals surface area contributed by atoms with Gasteiger partial charge in [-0.05, 0) is 35.9 Å². The summed E-state index contributed by atoms with van der Waals surface area (Å²) in [6.45, 7) is 3.86. The van der Waals surface area contributed by atoms with Gasteiger partial charge in [0.25, 0.3) is 0 Å². The van der Waals surface area contributed by atoms with Gasteiger partial charge in [0.15, 0.2) is 0 Å². The summed E-state index contributed by atoms with van der Waals surface area (Å²) in [6, 6.07) is 16.3. The highest BCUT2D eigenvalue weighted by molar-refractivity contribution is 7.09. The first-order valence-electron chi connectivity index (χ1n) is 9.62. The Morgan fingerprint density at radius 1 is 1.03 bits per heavy atom. The van der Waals surface area contributed by atoms with Crippen LogP contribution in [0.3, 0.4) is 0 Å². The molecule has 0 bridgehead atoms. The maximum atomic E-state index is 13.1. The molecule has 2 heterocycles. The van der Waals surface area contributed by atoms with Crippen molar-refractivity contribution in [2.45, 2.75) is 6.54 Å². The molecule has 4 nitrogen and oxygen atoms in total. The van der Waals surface area contributed by atoms with Crippen molar-refractivity contribution in [3.8, 4) is 11.3 Å². The fourth-order valence-electron chi connectivity index (χ4n) is 3.29. The molecule has 1 fully saturated rings. The Hall–Kier alpha value is -2.54. The van der Waals surface area contributed by atoms with Gasteiger partial charge in [-0.25, -0.2) is 9.37 Å². The van der Waals surface area contributed by atoms with Gasteiger partial charge in [0, 0.05) is 43.2 Å². The van der Waals surface area contributed by atoms with E-state index in [1.54, 1.807) is 29.5 Å². The second kappa shape index (κ2) is 10.5. The first kappa shape index (κ1) is 22.2. The van der Waals surface area contributed by atoms with E-state index in [1.165, 1.54) is 12.1 Å². The zero-order valence-electron chi connectivity index (χ0n) is 16.4. The molecule has 7 heteroatoms. The summed E-state index contributed by atoms with van der Waals surface area (Å²) in [5.74, 6) is -0.184. The van der Waals surface area contributed by atoms with Crippen LogP contribution in [0.25, 0.3) is 17.3 Å². The van der Waals surface area contributed by atoms with Gasteiger partial charge in [-0.1, -0.05) is 30.3 Å². The first-order valence-corrected chi connectivity index (χ1v) is 10.5. The van der Waals surface area contributed by atoms with Gasteiger partial charge in [0.05, 0.1) is 12.2 Å². The van der Waals surface area contributed by atoms with Crippen molar-refractivity contribution < 1.29 is 9.18 Å². The normalized spacial score (nSPS) is 14.6. The van der Waals surface area contributed by atoms with E-state index in [0.29, 0.717) is 13.1 Å². The minimum Gasteiger partial charge on any atom is -0.337 e. The summed E-state index contributed by atoms with van der Waals surface area (Å²) in [5, 5.41) is 3.05. The Kier molecular flexibility index (Phi) is 7.74. The summed E-state index contributed by atoms with van der Waals surface area (Å²) >= 11 is 1.62. The first-order chi connectivity index (χ1) is 14.2. The summed E-state index contributed by atoms with van der Waals surface area (Å²) in [5.41, 5.74) is 2.83. The van der Waals surface area contributed by atoms with Crippen LogP contribution in [-0.4, -0.2) is 46.9 Å². The third-order valence-electron chi connectivity index (χ3n) is 4.95. The number of halogens is 2. The highest BCUT2D eigenvalue weighted by Gasteiger charge is 2.20. The number of carbonyl (C=O) groups excluding carboxylic acids is 1. The number of rotatable bonds is 5. The predicted octanol–water partition coefficient (Wildman–Crippen LogP) is 4.73. The second-order valence-electron chi connectivity index (χ2n) is 6.98. The standard InChI is InChI=1S/C23H22FN3OS.ClH/c24-20-9-7-19(8-10-20)21-17-29-22(25-21)16-26-12-14-27(15-13-26)23(28)11-6-18-4-2-1-3-5-18;/h1-11,17H,12-16H2;1H/b11-6+;. The highest BCUT2D eigenvalue weighted by atomic mass is 35.5. The lowest BCUT2D eigenvalue weighted by molar-refractivity contribution is -0.127. The Balaban J connectivity index is 0.00000256. The Morgan fingerprint density at radius 2 is 1.73 bits per heavy atom. The number of aromatic nitrogens is 1. The molecule has 0 N–H and O–H groups in total. The third-order valence-corrected chi connectivity index (χ3v) is 5.79. The van der Waals surface area contributed by atoms with E-state index < -0.39 is 0 Å². The minimum atomic E-state index is -0.241. The maximum absolute atomic E-state index is 13.1. The molecule has 0 spiro atoms. The molecule has 2 aromatic carbocycles. The number of hydrogen-bond donors (Lipinski definition) is 0. The van der Waals surface area contributed by atoms with Gasteiger partial charge in [0.2, 0.25) is 5.91 Å². The van der Waals surface area contributed by atoms with Crippen molar-refractivity contribution in [1.82, 2.24) is 14.8 Å². The van der Waals surface area contributed by atoms with Gasteiger partial charge < -0.3 is 4.90 Å². The minimum absolute atomic E-state index is 0. The van der Waals surface area contributed by atoms with E-state index in [4.69, 9.17) is 0 Å². The monoisotopic (exact) mass is 443 g/mol. The molecule has 4 rings (SSSR count). The Morgan fingerprint density at radius 3 is 2.43 bits per heavy atom. The quantitative estimate of drug-likeness (QED) is 0.535. The topological polar surface area (TPSA) is 36.4 Å². The van der Waals surface area contributed by atoms with Crippen molar-refractivity contribution in [2.75, 3.05) is 26.2 Å². The lowest BCUT2D eigenvalue weighted by atomic mass is 10.2. The molecule has 30 heavy (non-hydrogen) atoms. The predicted molar refractivity (Wildman–Crippen MR) is 122 cm³/mol. The van der Waals surface area contributed by atoms with Gasteiger partial charge in [0.1, 0.15) is 10.8 Å². The van der Waals surface area contributed by atoms with Crippen molar-refractivity contribution in [2.24, 2.45) is 0 Å². The largest absolute Gasteiger partial charge is 0.337 e. The summed E-state index contributed by atoms with van der Waals surface area (Å²) in [4.78, 5) is 21.3. The number of thiazole rings is 1. The lowest BCUT2D eigenvalue weighted by Gasteiger charge is -2.33. The van der Waals surface area contributed by atoms with Gasteiger partial charge >= 0.3 is 0 Å². The van der Waals surface area contributed by atoms with Crippen LogP contribution < -0.4 is 0 Å². The number of nitrogens with zero attached hydrogens (tertiary/aromatic N) is 3. The summed E-state index contributed by atoms with van der Waals surface area (Å²) < 4.78 is 13.1. The van der Waals surface area contributed by atoms with E-state index in [0.717, 1.165) is 41.5 Å². The summed E-state index contributed by atoms with van der Waals surface area (Å²) in [6.07, 6.45) is 3.52. The number of benzene rings is 2. The van der Waals surface area contributed by atoms with Crippen LogP contribution in [0.5, 0.6) is 0 Å². The average Bonchev–Trinajstić information content (AvgIpc) is 3.22. The zero-order chi connectivity index (χ0) is 20.1. The second-order valence-corrected chi connectivity index (χ2v) is 7.92. The molecular formula is C23H23ClFN3OS. The zero-order valence-corrected chi connectivity index (χ0v) is 18.0. The van der Waals surface area contributed by atoms with Crippen LogP contribution in [0.4, 0.5) is 4.39 Å². The molecule has 1 saturated heterocycles. The molecular weight excluding hydrogens is 421 g/mol. The SMILES string of the molecule is Cl.O=C(/C=C/c1ccccc1)N1CCN(Cc2nc(-c3ccc(F)cc3)cs2)CC1. The number of carbonyl (C=O) groups is 1. The fraction of sp³-hybridized carbons (Fsp3) is 0.217. The summed E-state index contributed by atoms with van der Waals surface area (Å²) in [7, 11) is 0. The van der Waals surface area contributed by atoms with E-state index in [1.807, 2.05) is 46.7 Å². The van der Waals surface area contributed by atoms with E-state index in [2.05, 4.69) is 9.88 Å². The Labute approximate surface area is 186 Å². The average molecular weight is 444 g/mol. The van der Waals surface area contributed by atoms with Gasteiger partial charge in [-0.15, -0.1) is 23.7 Å². The Bertz CT molecular complexity index is 983. The van der Waals surface area contributed by atoms with Crippen molar-refractivity contribution >= 4 is 35.7 Å². The van der Waals surface area contributed by atoms with Crippen molar-refractivity contribution in [3.05, 3.63) is 82.4 Å². The third kappa shape index (κ3) is 5.75. The van der Waals surface area contributed by atoms with Crippen LogP contribution >= 0.6 is 23.7 Å². The molecule has 1 aliphatic heterocycles. The molecule has 1 amide bonds. The van der Waals surface area contributed by atoms with E-state index in [9.17, 15) is 9.18 Å². The van der Waals surface area contributed by atoms with Crippen LogP contribution in [0.2, 0.25) is 0 Å². The molecule has 1 aliphatic rings. The van der Waals surface area contributed by atoms with Gasteiger partial charge in [-0.3, -0.25) is 9.69 Å². The van der Waals surface area contributed by atoms with Crippen molar-refractivity contribution in [1.29, 1.82) is 0 Å². The lowest BCUT2D eigenvalue weighted by Crippen LogP contribution is -2.47. The van der Waals surface area contributed by atoms with Crippen LogP contribution in [0.15, 0.2) is 66.1 Å². The van der Waals surface area contributed by atoms with E-state index >= 15 is 0 Å². The van der Waals surface area contributed by atoms with Gasteiger partial charge in [-0.2, -0.15) is 0 Å². The number of hydrogen-bond acceptors (Lipinski definition) is 4. The molecule has 3 aromatic rings. The highest BCUT2D eigenvalue weighted by Crippen LogP contribution is 2.23. The van der Waals surface area contributed by atoms with Crippen LogP contribution in [-0.2, 0) is 11.3 Å². The molecule has 0 unspecified atom stereocenters. The van der Waals surface area contributed by atoms with Crippen LogP contribution in [0.1, 0.15) is 10.6 Å². The molecule has 0 atom stereocenters.